The fraction of sp³-hybridized carbons (Fsp3) is 0.556. The summed E-state index contributed by atoms with van der Waals surface area (Å²) in [7, 11) is 1.22. The molecule has 1 saturated carbocycles. The summed E-state index contributed by atoms with van der Waals surface area (Å²) >= 11 is 0. The zero-order valence-electron chi connectivity index (χ0n) is 21.3. The van der Waals surface area contributed by atoms with E-state index in [1.54, 1.807) is 34.6 Å². The molecule has 2 fully saturated rings. The van der Waals surface area contributed by atoms with Gasteiger partial charge in [0, 0.05) is 12.0 Å². The highest BCUT2D eigenvalue weighted by atomic mass is 16.7. The van der Waals surface area contributed by atoms with Crippen molar-refractivity contribution >= 4 is 23.5 Å². The normalized spacial score (nSPS) is 36.9. The highest BCUT2D eigenvalue weighted by molar-refractivity contribution is 6.06. The molecule has 1 aliphatic carbocycles. The van der Waals surface area contributed by atoms with Crippen LogP contribution in [0.3, 0.4) is 0 Å². The number of rotatable bonds is 6. The summed E-state index contributed by atoms with van der Waals surface area (Å²) in [5.74, 6) is -2.64. The van der Waals surface area contributed by atoms with Crippen LogP contribution in [0.4, 0.5) is 0 Å². The number of ether oxygens (including phenoxy) is 3. The van der Waals surface area contributed by atoms with Crippen molar-refractivity contribution in [1.82, 2.24) is 0 Å². The number of methoxy groups -OCH3 is 1. The molecule has 0 bridgehead atoms. The lowest BCUT2D eigenvalue weighted by atomic mass is 9.46. The molecular formula is C27H32O9. The first kappa shape index (κ1) is 26.0. The van der Waals surface area contributed by atoms with Crippen LogP contribution in [-0.2, 0) is 28.6 Å². The quantitative estimate of drug-likeness (QED) is 0.271. The zero-order chi connectivity index (χ0) is 26.7. The average molecular weight is 501 g/mol. The topological polar surface area (TPSA) is 133 Å². The highest BCUT2D eigenvalue weighted by Crippen LogP contribution is 2.70. The van der Waals surface area contributed by atoms with Crippen molar-refractivity contribution in [2.45, 2.75) is 70.9 Å². The Morgan fingerprint density at radius 1 is 1.19 bits per heavy atom. The summed E-state index contributed by atoms with van der Waals surface area (Å²) in [5, 5.41) is 10.8. The van der Waals surface area contributed by atoms with E-state index in [9.17, 15) is 24.3 Å². The van der Waals surface area contributed by atoms with E-state index in [0.717, 1.165) is 0 Å². The summed E-state index contributed by atoms with van der Waals surface area (Å²) in [6, 6.07) is 1.53. The third-order valence-corrected chi connectivity index (χ3v) is 8.43. The maximum Gasteiger partial charge on any atom is 0.338 e. The third-order valence-electron chi connectivity index (χ3n) is 8.43. The SMILES string of the molecule is COC(=O)[C@H]1O[C@@]12[C@](C)(C(=O)c1ccoc1)CC[C@H]([C@@H](C)O)[C@@]2(C)C(=O)C=C1C=CC(=O)OC1(C)C. The monoisotopic (exact) mass is 500 g/mol. The average Bonchev–Trinajstić information content (AvgIpc) is 3.34. The minimum atomic E-state index is -1.59. The number of Topliss-reactive ketones (excluding diaryl/α,β-unsaturated/α-hetero) is 1. The van der Waals surface area contributed by atoms with Crippen molar-refractivity contribution in [2.75, 3.05) is 7.11 Å². The maximum atomic E-state index is 14.3. The van der Waals surface area contributed by atoms with E-state index in [1.807, 2.05) is 0 Å². The van der Waals surface area contributed by atoms with Gasteiger partial charge in [-0.1, -0.05) is 0 Å². The van der Waals surface area contributed by atoms with Gasteiger partial charge < -0.3 is 23.7 Å². The fourth-order valence-corrected chi connectivity index (χ4v) is 6.35. The number of cyclic esters (lactones) is 1. The van der Waals surface area contributed by atoms with Crippen molar-refractivity contribution in [3.8, 4) is 0 Å². The Bertz CT molecular complexity index is 1160. The van der Waals surface area contributed by atoms with Crippen molar-refractivity contribution < 1.29 is 42.9 Å². The first-order chi connectivity index (χ1) is 16.8. The Labute approximate surface area is 209 Å². The molecule has 1 aromatic rings. The number of furan rings is 1. The smallest absolute Gasteiger partial charge is 0.338 e. The molecule has 1 aromatic heterocycles. The second-order valence-electron chi connectivity index (χ2n) is 10.7. The lowest BCUT2D eigenvalue weighted by molar-refractivity contribution is -0.151. The summed E-state index contributed by atoms with van der Waals surface area (Å²) < 4.78 is 21.6. The molecule has 1 spiro atoms. The van der Waals surface area contributed by atoms with E-state index in [0.29, 0.717) is 17.6 Å². The molecule has 194 valence electrons. The van der Waals surface area contributed by atoms with E-state index in [2.05, 4.69) is 0 Å². The van der Waals surface area contributed by atoms with Gasteiger partial charge in [0.25, 0.3) is 0 Å². The number of ketones is 2. The minimum Gasteiger partial charge on any atom is -0.472 e. The van der Waals surface area contributed by atoms with Crippen LogP contribution in [0.2, 0.25) is 0 Å². The number of epoxide rings is 1. The molecule has 1 N–H and O–H groups in total. The molecule has 4 rings (SSSR count). The van der Waals surface area contributed by atoms with Gasteiger partial charge in [-0.15, -0.1) is 0 Å². The van der Waals surface area contributed by atoms with Gasteiger partial charge >= 0.3 is 11.9 Å². The van der Waals surface area contributed by atoms with Crippen LogP contribution < -0.4 is 0 Å². The van der Waals surface area contributed by atoms with Crippen LogP contribution in [0, 0.1) is 16.7 Å². The molecule has 6 atom stereocenters. The lowest BCUT2D eigenvalue weighted by Gasteiger charge is -2.54. The highest BCUT2D eigenvalue weighted by Gasteiger charge is 2.84. The standard InChI is InChI=1S/C27H32O9/c1-15(28)18-9-11-25(4,21(31)16-10-12-34-14-16)27(22(36-27)23(32)33-6)26(18,5)19(29)13-17-7-8-20(30)35-24(17,2)3/h7-8,10,12-15,18,22,28H,9,11H2,1-6H3/t15-,18-,22-,25+,26+,27-/m1/s1. The summed E-state index contributed by atoms with van der Waals surface area (Å²) in [5.41, 5.74) is -4.75. The minimum absolute atomic E-state index is 0.266. The number of carbonyl (C=O) groups is 4. The molecular weight excluding hydrogens is 468 g/mol. The molecule has 3 heterocycles. The molecule has 36 heavy (non-hydrogen) atoms. The third kappa shape index (κ3) is 3.51. The molecule has 0 aromatic carbocycles. The fourth-order valence-electron chi connectivity index (χ4n) is 6.35. The van der Waals surface area contributed by atoms with Gasteiger partial charge in [0.2, 0.25) is 0 Å². The predicted molar refractivity (Wildman–Crippen MR) is 126 cm³/mol. The molecule has 0 unspecified atom stereocenters. The molecule has 0 amide bonds. The number of hydrogen-bond acceptors (Lipinski definition) is 9. The molecule has 1 saturated heterocycles. The van der Waals surface area contributed by atoms with Crippen LogP contribution in [0.15, 0.2) is 46.8 Å². The largest absolute Gasteiger partial charge is 0.472 e. The number of hydrogen-bond donors (Lipinski definition) is 1. The van der Waals surface area contributed by atoms with Gasteiger partial charge in [0.15, 0.2) is 17.7 Å². The van der Waals surface area contributed by atoms with Crippen molar-refractivity contribution in [1.29, 1.82) is 0 Å². The van der Waals surface area contributed by atoms with E-state index in [-0.39, 0.29) is 12.2 Å². The second-order valence-corrected chi connectivity index (χ2v) is 10.7. The van der Waals surface area contributed by atoms with Gasteiger partial charge in [-0.25, -0.2) is 9.59 Å². The van der Waals surface area contributed by atoms with Crippen molar-refractivity contribution in [3.05, 3.63) is 48.0 Å². The number of carbonyl (C=O) groups excluding carboxylic acids is 4. The molecule has 9 nitrogen and oxygen atoms in total. The van der Waals surface area contributed by atoms with Crippen LogP contribution in [0.5, 0.6) is 0 Å². The zero-order valence-corrected chi connectivity index (χ0v) is 21.3. The number of esters is 2. The lowest BCUT2D eigenvalue weighted by Crippen LogP contribution is -2.65. The Kier molecular flexibility index (Phi) is 6.16. The van der Waals surface area contributed by atoms with Gasteiger partial charge in [-0.05, 0) is 71.3 Å². The van der Waals surface area contributed by atoms with Crippen molar-refractivity contribution in [3.63, 3.8) is 0 Å². The van der Waals surface area contributed by atoms with Crippen molar-refractivity contribution in [2.24, 2.45) is 16.7 Å². The van der Waals surface area contributed by atoms with Crippen LogP contribution >= 0.6 is 0 Å². The van der Waals surface area contributed by atoms with E-state index < -0.39 is 57.9 Å². The van der Waals surface area contributed by atoms with Gasteiger partial charge in [-0.3, -0.25) is 9.59 Å². The van der Waals surface area contributed by atoms with E-state index >= 15 is 0 Å². The van der Waals surface area contributed by atoms with Crippen LogP contribution in [-0.4, -0.2) is 59.1 Å². The number of aliphatic hydroxyl groups is 1. The molecule has 9 heteroatoms. The van der Waals surface area contributed by atoms with Crippen LogP contribution in [0.1, 0.15) is 57.8 Å². The first-order valence-electron chi connectivity index (χ1n) is 11.9. The Hall–Kier alpha value is -3.04. The first-order valence-corrected chi connectivity index (χ1v) is 11.9. The van der Waals surface area contributed by atoms with Gasteiger partial charge in [0.05, 0.1) is 35.9 Å². The van der Waals surface area contributed by atoms with E-state index in [1.165, 1.54) is 43.9 Å². The van der Waals surface area contributed by atoms with Gasteiger partial charge in [0.1, 0.15) is 17.5 Å². The molecule has 0 radical (unpaired) electrons. The Balaban J connectivity index is 1.91. The predicted octanol–water partition coefficient (Wildman–Crippen LogP) is 2.96. The van der Waals surface area contributed by atoms with Gasteiger partial charge in [-0.2, -0.15) is 0 Å². The number of allylic oxidation sites excluding steroid dienone is 1. The van der Waals surface area contributed by atoms with E-state index in [4.69, 9.17) is 18.6 Å². The second kappa shape index (κ2) is 8.52. The molecule has 3 aliphatic rings. The summed E-state index contributed by atoms with van der Waals surface area (Å²) in [6.07, 6.45) is 5.27. The Morgan fingerprint density at radius 3 is 2.44 bits per heavy atom. The Morgan fingerprint density at radius 2 is 1.89 bits per heavy atom. The maximum absolute atomic E-state index is 14.3. The molecule has 2 aliphatic heterocycles. The van der Waals surface area contributed by atoms with Crippen LogP contribution in [0.25, 0.3) is 0 Å². The summed E-state index contributed by atoms with van der Waals surface area (Å²) in [6.45, 7) is 8.23. The summed E-state index contributed by atoms with van der Waals surface area (Å²) in [4.78, 5) is 52.7. The number of aliphatic hydroxyl groups excluding tert-OH is 1.